The van der Waals surface area contributed by atoms with Crippen molar-refractivity contribution >= 4 is 35.1 Å². The Morgan fingerprint density at radius 1 is 1.00 bits per heavy atom. The zero-order valence-electron chi connectivity index (χ0n) is 18.5. The Kier molecular flexibility index (Phi) is 6.43. The van der Waals surface area contributed by atoms with Crippen molar-refractivity contribution in [2.45, 2.75) is 12.5 Å². The van der Waals surface area contributed by atoms with Gasteiger partial charge in [0, 0.05) is 5.69 Å². The van der Waals surface area contributed by atoms with Gasteiger partial charge in [-0.3, -0.25) is 14.5 Å². The lowest BCUT2D eigenvalue weighted by Crippen LogP contribution is -2.42. The number of urea groups is 1. The minimum Gasteiger partial charge on any atom is -0.497 e. The van der Waals surface area contributed by atoms with Crippen LogP contribution in [-0.4, -0.2) is 36.4 Å². The van der Waals surface area contributed by atoms with Gasteiger partial charge < -0.3 is 20.1 Å². The molecule has 0 radical (unpaired) electrons. The normalized spacial score (nSPS) is 17.3. The zero-order chi connectivity index (χ0) is 24.3. The minimum atomic E-state index is -1.28. The molecule has 2 N–H and O–H groups in total. The molecular formula is C25H22ClN3O5. The van der Waals surface area contributed by atoms with E-state index in [1.54, 1.807) is 80.8 Å². The summed E-state index contributed by atoms with van der Waals surface area (Å²) in [5.41, 5.74) is -0.202. The van der Waals surface area contributed by atoms with Crippen LogP contribution in [-0.2, 0) is 15.1 Å². The maximum absolute atomic E-state index is 13.0. The molecule has 1 fully saturated rings. The molecule has 4 rings (SSSR count). The summed E-state index contributed by atoms with van der Waals surface area (Å²) in [4.78, 5) is 39.0. The highest BCUT2D eigenvalue weighted by atomic mass is 35.5. The van der Waals surface area contributed by atoms with Crippen LogP contribution >= 0.6 is 11.6 Å². The number of ether oxygens (including phenoxy) is 2. The number of hydrogen-bond donors (Lipinski definition) is 2. The maximum atomic E-state index is 13.0. The van der Waals surface area contributed by atoms with Crippen LogP contribution in [0.4, 0.5) is 10.5 Å². The number of para-hydroxylation sites is 1. The van der Waals surface area contributed by atoms with E-state index < -0.39 is 29.9 Å². The first-order valence-corrected chi connectivity index (χ1v) is 10.8. The molecule has 0 bridgehead atoms. The van der Waals surface area contributed by atoms with Crippen molar-refractivity contribution in [3.05, 3.63) is 83.4 Å². The van der Waals surface area contributed by atoms with Gasteiger partial charge in [0.1, 0.15) is 29.3 Å². The molecule has 3 aromatic carbocycles. The predicted octanol–water partition coefficient (Wildman–Crippen LogP) is 4.55. The summed E-state index contributed by atoms with van der Waals surface area (Å²) in [5, 5.41) is 5.84. The van der Waals surface area contributed by atoms with Gasteiger partial charge in [-0.2, -0.15) is 0 Å². The number of carbonyl (C=O) groups excluding carboxylic acids is 3. The Morgan fingerprint density at radius 3 is 2.29 bits per heavy atom. The second kappa shape index (κ2) is 9.44. The quantitative estimate of drug-likeness (QED) is 0.485. The largest absolute Gasteiger partial charge is 0.497 e. The van der Waals surface area contributed by atoms with Crippen LogP contribution in [0.5, 0.6) is 17.2 Å². The second-order valence-electron chi connectivity index (χ2n) is 7.78. The fraction of sp³-hybridized carbons (Fsp3) is 0.160. The highest BCUT2D eigenvalue weighted by molar-refractivity contribution is 6.32. The van der Waals surface area contributed by atoms with E-state index in [0.29, 0.717) is 33.5 Å². The zero-order valence-corrected chi connectivity index (χ0v) is 19.3. The first kappa shape index (κ1) is 23.1. The van der Waals surface area contributed by atoms with E-state index >= 15 is 0 Å². The Balaban J connectivity index is 1.39. The highest BCUT2D eigenvalue weighted by Gasteiger charge is 2.49. The van der Waals surface area contributed by atoms with Gasteiger partial charge in [-0.25, -0.2) is 4.79 Å². The fourth-order valence-corrected chi connectivity index (χ4v) is 3.74. The average Bonchev–Trinajstić information content (AvgIpc) is 3.05. The van der Waals surface area contributed by atoms with Crippen molar-refractivity contribution in [2.75, 3.05) is 19.0 Å². The van der Waals surface area contributed by atoms with E-state index in [-0.39, 0.29) is 0 Å². The highest BCUT2D eigenvalue weighted by Crippen LogP contribution is 2.31. The summed E-state index contributed by atoms with van der Waals surface area (Å²) >= 11 is 6.10. The number of amides is 4. The first-order valence-electron chi connectivity index (χ1n) is 10.4. The minimum absolute atomic E-state index is 0.422. The molecule has 8 nitrogen and oxygen atoms in total. The standard InChI is InChI=1S/C25H22ClN3O5/c1-25(16-7-11-18(33-2)12-8-16)23(31)29(24(32)28-25)15-22(30)27-17-9-13-19(14-10-17)34-21-6-4-3-5-20(21)26/h3-14H,15H2,1-2H3,(H,27,30)(H,28,32)/t25-/m1/s1. The maximum Gasteiger partial charge on any atom is 0.325 e. The third-order valence-corrected chi connectivity index (χ3v) is 5.76. The summed E-state index contributed by atoms with van der Waals surface area (Å²) in [6, 6.07) is 19.9. The van der Waals surface area contributed by atoms with Crippen LogP contribution in [0, 0.1) is 0 Å². The van der Waals surface area contributed by atoms with Crippen LogP contribution in [0.2, 0.25) is 5.02 Å². The van der Waals surface area contributed by atoms with Crippen LogP contribution in [0.25, 0.3) is 0 Å². The van der Waals surface area contributed by atoms with E-state index in [0.717, 1.165) is 4.90 Å². The van der Waals surface area contributed by atoms with Crippen LogP contribution in [0.3, 0.4) is 0 Å². The van der Waals surface area contributed by atoms with Crippen molar-refractivity contribution in [1.82, 2.24) is 10.2 Å². The van der Waals surface area contributed by atoms with Crippen molar-refractivity contribution < 1.29 is 23.9 Å². The molecule has 0 saturated carbocycles. The van der Waals surface area contributed by atoms with Gasteiger partial charge in [-0.05, 0) is 61.0 Å². The van der Waals surface area contributed by atoms with Crippen molar-refractivity contribution in [3.8, 4) is 17.2 Å². The Hall–Kier alpha value is -4.04. The van der Waals surface area contributed by atoms with E-state index in [1.165, 1.54) is 0 Å². The number of rotatable bonds is 7. The van der Waals surface area contributed by atoms with Gasteiger partial charge in [-0.1, -0.05) is 35.9 Å². The number of imide groups is 1. The van der Waals surface area contributed by atoms with Crippen molar-refractivity contribution in [1.29, 1.82) is 0 Å². The van der Waals surface area contributed by atoms with Crippen molar-refractivity contribution in [2.24, 2.45) is 0 Å². The molecular weight excluding hydrogens is 458 g/mol. The number of hydrogen-bond acceptors (Lipinski definition) is 5. The van der Waals surface area contributed by atoms with Gasteiger partial charge in [0.25, 0.3) is 5.91 Å². The number of halogens is 1. The van der Waals surface area contributed by atoms with Crippen LogP contribution in [0.1, 0.15) is 12.5 Å². The summed E-state index contributed by atoms with van der Waals surface area (Å²) in [6.45, 7) is 1.18. The van der Waals surface area contributed by atoms with Crippen molar-refractivity contribution in [3.63, 3.8) is 0 Å². The number of carbonyl (C=O) groups is 3. The number of anilines is 1. The molecule has 0 unspecified atom stereocenters. The molecule has 1 heterocycles. The van der Waals surface area contributed by atoms with Gasteiger partial charge in [0.2, 0.25) is 5.91 Å². The number of nitrogens with zero attached hydrogens (tertiary/aromatic N) is 1. The third-order valence-electron chi connectivity index (χ3n) is 5.45. The Labute approximate surface area is 201 Å². The Morgan fingerprint density at radius 2 is 1.65 bits per heavy atom. The first-order chi connectivity index (χ1) is 16.3. The van der Waals surface area contributed by atoms with Gasteiger partial charge >= 0.3 is 6.03 Å². The number of benzene rings is 3. The summed E-state index contributed by atoms with van der Waals surface area (Å²) < 4.78 is 10.9. The average molecular weight is 480 g/mol. The van der Waals surface area contributed by atoms with Gasteiger partial charge in [0.15, 0.2) is 0 Å². The lowest BCUT2D eigenvalue weighted by atomic mass is 9.92. The smallest absolute Gasteiger partial charge is 0.325 e. The molecule has 1 aliphatic heterocycles. The van der Waals surface area contributed by atoms with E-state index in [9.17, 15) is 14.4 Å². The lowest BCUT2D eigenvalue weighted by molar-refractivity contribution is -0.133. The van der Waals surface area contributed by atoms with E-state index in [1.807, 2.05) is 6.07 Å². The van der Waals surface area contributed by atoms with E-state index in [2.05, 4.69) is 10.6 Å². The van der Waals surface area contributed by atoms with E-state index in [4.69, 9.17) is 21.1 Å². The molecule has 0 aromatic heterocycles. The molecule has 0 aliphatic carbocycles. The molecule has 3 aromatic rings. The third kappa shape index (κ3) is 4.67. The van der Waals surface area contributed by atoms with Gasteiger partial charge in [-0.15, -0.1) is 0 Å². The summed E-state index contributed by atoms with van der Waals surface area (Å²) in [7, 11) is 1.54. The van der Waals surface area contributed by atoms with Crippen LogP contribution < -0.4 is 20.1 Å². The van der Waals surface area contributed by atoms with Gasteiger partial charge in [0.05, 0.1) is 12.1 Å². The molecule has 4 amide bonds. The molecule has 1 aliphatic rings. The lowest BCUT2D eigenvalue weighted by Gasteiger charge is -2.22. The molecule has 9 heteroatoms. The number of nitrogens with one attached hydrogen (secondary N) is 2. The summed E-state index contributed by atoms with van der Waals surface area (Å²) in [5.74, 6) is 0.655. The topological polar surface area (TPSA) is 97.0 Å². The molecule has 174 valence electrons. The summed E-state index contributed by atoms with van der Waals surface area (Å²) in [6.07, 6.45) is 0. The monoisotopic (exact) mass is 479 g/mol. The molecule has 1 saturated heterocycles. The number of methoxy groups -OCH3 is 1. The molecule has 0 spiro atoms. The SMILES string of the molecule is COc1ccc([C@@]2(C)NC(=O)N(CC(=O)Nc3ccc(Oc4ccccc4Cl)cc3)C2=O)cc1. The Bertz CT molecular complexity index is 1230. The fourth-order valence-electron chi connectivity index (χ4n) is 3.57. The molecule has 34 heavy (non-hydrogen) atoms. The van der Waals surface area contributed by atoms with Crippen LogP contribution in [0.15, 0.2) is 72.8 Å². The molecule has 1 atom stereocenters. The predicted molar refractivity (Wildman–Crippen MR) is 127 cm³/mol. The second-order valence-corrected chi connectivity index (χ2v) is 8.19.